The molecule has 1 aliphatic rings. The Hall–Kier alpha value is -2.18. The molecule has 2 N–H and O–H groups in total. The van der Waals surface area contributed by atoms with E-state index in [1.807, 2.05) is 0 Å². The second-order valence-corrected chi connectivity index (χ2v) is 4.38. The predicted octanol–water partition coefficient (Wildman–Crippen LogP) is 1.20. The lowest BCUT2D eigenvalue weighted by Crippen LogP contribution is -2.41. The van der Waals surface area contributed by atoms with Crippen molar-refractivity contribution in [1.82, 2.24) is 9.88 Å². The smallest absolute Gasteiger partial charge is 0.300 e. The minimum absolute atomic E-state index is 0.00176. The summed E-state index contributed by atoms with van der Waals surface area (Å²) in [5.74, 6) is -0.272. The first kappa shape index (κ1) is 12.3. The van der Waals surface area contributed by atoms with Crippen LogP contribution in [-0.4, -0.2) is 33.8 Å². The summed E-state index contributed by atoms with van der Waals surface area (Å²) >= 11 is 0. The summed E-state index contributed by atoms with van der Waals surface area (Å²) in [5.41, 5.74) is 5.18. The fourth-order valence-corrected chi connectivity index (χ4v) is 1.91. The second-order valence-electron chi connectivity index (χ2n) is 4.38. The summed E-state index contributed by atoms with van der Waals surface area (Å²) in [5, 5.41) is 10.9. The molecule has 2 rings (SSSR count). The SMILES string of the molecule is CN(C(=O)c1cc(N)ncc1[N+](=O)[O-])C1CCC1. The van der Waals surface area contributed by atoms with Crippen LogP contribution in [0.5, 0.6) is 0 Å². The molecule has 1 fully saturated rings. The normalized spacial score (nSPS) is 14.9. The van der Waals surface area contributed by atoms with Crippen molar-refractivity contribution in [2.45, 2.75) is 25.3 Å². The molecule has 0 atom stereocenters. The summed E-state index contributed by atoms with van der Waals surface area (Å²) in [6.45, 7) is 0. The van der Waals surface area contributed by atoms with Gasteiger partial charge in [0.2, 0.25) is 0 Å². The molecule has 0 saturated heterocycles. The Bertz CT molecular complexity index is 499. The minimum Gasteiger partial charge on any atom is -0.384 e. The van der Waals surface area contributed by atoms with Gasteiger partial charge in [0.25, 0.3) is 11.6 Å². The third-order valence-electron chi connectivity index (χ3n) is 3.27. The molecule has 0 bridgehead atoms. The molecule has 1 aromatic rings. The van der Waals surface area contributed by atoms with Crippen molar-refractivity contribution in [2.24, 2.45) is 0 Å². The number of amides is 1. The average Bonchev–Trinajstić information content (AvgIpc) is 2.25. The quantitative estimate of drug-likeness (QED) is 0.641. The van der Waals surface area contributed by atoms with Gasteiger partial charge in [0.05, 0.1) is 4.92 Å². The third kappa shape index (κ3) is 2.11. The molecule has 7 heteroatoms. The van der Waals surface area contributed by atoms with Crippen LogP contribution >= 0.6 is 0 Å². The van der Waals surface area contributed by atoms with Crippen molar-refractivity contribution in [3.8, 4) is 0 Å². The van der Waals surface area contributed by atoms with Gasteiger partial charge in [-0.1, -0.05) is 0 Å². The van der Waals surface area contributed by atoms with Crippen molar-refractivity contribution >= 4 is 17.4 Å². The van der Waals surface area contributed by atoms with Crippen molar-refractivity contribution in [2.75, 3.05) is 12.8 Å². The Morgan fingerprint density at radius 2 is 2.28 bits per heavy atom. The molecule has 0 radical (unpaired) electrons. The molecule has 0 aromatic carbocycles. The Morgan fingerprint density at radius 1 is 1.61 bits per heavy atom. The largest absolute Gasteiger partial charge is 0.384 e. The van der Waals surface area contributed by atoms with E-state index in [2.05, 4.69) is 4.98 Å². The van der Waals surface area contributed by atoms with Crippen LogP contribution in [0.25, 0.3) is 0 Å². The molecule has 18 heavy (non-hydrogen) atoms. The predicted molar refractivity (Wildman–Crippen MR) is 65.0 cm³/mol. The first-order valence-electron chi connectivity index (χ1n) is 5.67. The molecular weight excluding hydrogens is 236 g/mol. The molecule has 1 saturated carbocycles. The highest BCUT2D eigenvalue weighted by molar-refractivity contribution is 5.98. The summed E-state index contributed by atoms with van der Waals surface area (Å²) in [7, 11) is 1.66. The van der Waals surface area contributed by atoms with Gasteiger partial charge >= 0.3 is 0 Å². The summed E-state index contributed by atoms with van der Waals surface area (Å²) in [4.78, 5) is 27.6. The van der Waals surface area contributed by atoms with Crippen LogP contribution in [0, 0.1) is 10.1 Å². The zero-order chi connectivity index (χ0) is 13.3. The van der Waals surface area contributed by atoms with E-state index >= 15 is 0 Å². The van der Waals surface area contributed by atoms with E-state index < -0.39 is 4.92 Å². The first-order valence-corrected chi connectivity index (χ1v) is 5.67. The second kappa shape index (κ2) is 4.59. The van der Waals surface area contributed by atoms with Gasteiger partial charge < -0.3 is 10.6 Å². The van der Waals surface area contributed by atoms with Crippen molar-refractivity contribution in [3.05, 3.63) is 27.9 Å². The molecular formula is C11H14N4O3. The number of anilines is 1. The molecule has 1 aromatic heterocycles. The molecule has 1 aliphatic carbocycles. The van der Waals surface area contributed by atoms with Crippen LogP contribution in [0.4, 0.5) is 11.5 Å². The van der Waals surface area contributed by atoms with Gasteiger partial charge in [-0.05, 0) is 25.3 Å². The minimum atomic E-state index is -0.617. The van der Waals surface area contributed by atoms with Crippen molar-refractivity contribution in [1.29, 1.82) is 0 Å². The van der Waals surface area contributed by atoms with Crippen LogP contribution in [0.2, 0.25) is 0 Å². The Labute approximate surface area is 104 Å². The van der Waals surface area contributed by atoms with Gasteiger partial charge in [-0.15, -0.1) is 0 Å². The first-order chi connectivity index (χ1) is 8.50. The lowest BCUT2D eigenvalue weighted by molar-refractivity contribution is -0.385. The maximum absolute atomic E-state index is 12.2. The summed E-state index contributed by atoms with van der Waals surface area (Å²) in [6.07, 6.45) is 3.99. The van der Waals surface area contributed by atoms with Crippen molar-refractivity contribution < 1.29 is 9.72 Å². The number of nitrogen functional groups attached to an aromatic ring is 1. The van der Waals surface area contributed by atoms with Crippen LogP contribution in [0.3, 0.4) is 0 Å². The van der Waals surface area contributed by atoms with E-state index in [0.717, 1.165) is 25.5 Å². The lowest BCUT2D eigenvalue weighted by atomic mass is 9.91. The Balaban J connectivity index is 2.33. The molecule has 0 aliphatic heterocycles. The van der Waals surface area contributed by atoms with Gasteiger partial charge in [-0.25, -0.2) is 4.98 Å². The van der Waals surface area contributed by atoms with E-state index in [-0.39, 0.29) is 29.0 Å². The highest BCUT2D eigenvalue weighted by atomic mass is 16.6. The zero-order valence-corrected chi connectivity index (χ0v) is 10.00. The molecule has 0 unspecified atom stereocenters. The summed E-state index contributed by atoms with van der Waals surface area (Å²) in [6, 6.07) is 1.43. The number of nitrogens with two attached hydrogens (primary N) is 1. The number of hydrogen-bond acceptors (Lipinski definition) is 5. The average molecular weight is 250 g/mol. The fourth-order valence-electron chi connectivity index (χ4n) is 1.91. The highest BCUT2D eigenvalue weighted by Gasteiger charge is 2.30. The number of pyridine rings is 1. The third-order valence-corrected chi connectivity index (χ3v) is 3.27. The number of carbonyl (C=O) groups is 1. The van der Waals surface area contributed by atoms with Gasteiger partial charge in [-0.3, -0.25) is 14.9 Å². The van der Waals surface area contributed by atoms with E-state index in [9.17, 15) is 14.9 Å². The maximum atomic E-state index is 12.2. The Kier molecular flexibility index (Phi) is 3.14. The van der Waals surface area contributed by atoms with Gasteiger partial charge in [0, 0.05) is 13.1 Å². The van der Waals surface area contributed by atoms with Gasteiger partial charge in [0.15, 0.2) is 0 Å². The maximum Gasteiger partial charge on any atom is 0.300 e. The van der Waals surface area contributed by atoms with E-state index in [1.165, 1.54) is 6.07 Å². The topological polar surface area (TPSA) is 102 Å². The number of nitrogens with zero attached hydrogens (tertiary/aromatic N) is 3. The fraction of sp³-hybridized carbons (Fsp3) is 0.455. The number of nitro groups is 1. The summed E-state index contributed by atoms with van der Waals surface area (Å²) < 4.78 is 0. The standard InChI is InChI=1S/C11H14N4O3/c1-14(7-3-2-4-7)11(16)8-5-10(12)13-6-9(8)15(17)18/h5-7H,2-4H2,1H3,(H2,12,13). The molecule has 96 valence electrons. The van der Waals surface area contributed by atoms with E-state index in [1.54, 1.807) is 11.9 Å². The van der Waals surface area contributed by atoms with Gasteiger partial charge in [0.1, 0.15) is 17.6 Å². The number of hydrogen-bond donors (Lipinski definition) is 1. The molecule has 0 spiro atoms. The highest BCUT2D eigenvalue weighted by Crippen LogP contribution is 2.27. The van der Waals surface area contributed by atoms with Crippen molar-refractivity contribution in [3.63, 3.8) is 0 Å². The molecule has 7 nitrogen and oxygen atoms in total. The van der Waals surface area contributed by atoms with Crippen LogP contribution in [0.1, 0.15) is 29.6 Å². The lowest BCUT2D eigenvalue weighted by Gasteiger charge is -2.34. The monoisotopic (exact) mass is 250 g/mol. The van der Waals surface area contributed by atoms with Crippen LogP contribution in [0.15, 0.2) is 12.3 Å². The van der Waals surface area contributed by atoms with Gasteiger partial charge in [-0.2, -0.15) is 0 Å². The van der Waals surface area contributed by atoms with E-state index in [0.29, 0.717) is 0 Å². The molecule has 1 amide bonds. The number of rotatable bonds is 3. The van der Waals surface area contributed by atoms with Crippen LogP contribution < -0.4 is 5.73 Å². The molecule has 1 heterocycles. The Morgan fingerprint density at radius 3 is 2.78 bits per heavy atom. The van der Waals surface area contributed by atoms with Crippen LogP contribution in [-0.2, 0) is 0 Å². The number of carbonyl (C=O) groups excluding carboxylic acids is 1. The number of aromatic nitrogens is 1. The zero-order valence-electron chi connectivity index (χ0n) is 10.00. The van der Waals surface area contributed by atoms with E-state index in [4.69, 9.17) is 5.73 Å².